The summed E-state index contributed by atoms with van der Waals surface area (Å²) in [5.41, 5.74) is 0. The number of aliphatic hydroxyl groups excluding tert-OH is 1. The van der Waals surface area contributed by atoms with Gasteiger partial charge in [0.05, 0.1) is 0 Å². The van der Waals surface area contributed by atoms with Gasteiger partial charge in [-0.15, -0.1) is 0 Å². The van der Waals surface area contributed by atoms with E-state index < -0.39 is 0 Å². The Bertz CT molecular complexity index is 92.4. The van der Waals surface area contributed by atoms with E-state index in [0.717, 1.165) is 11.8 Å². The van der Waals surface area contributed by atoms with Crippen molar-refractivity contribution in [3.05, 3.63) is 0 Å². The van der Waals surface area contributed by atoms with Gasteiger partial charge in [-0.1, -0.05) is 26.7 Å². The molecule has 1 fully saturated rings. The molecule has 0 aromatic carbocycles. The van der Waals surface area contributed by atoms with Gasteiger partial charge in [-0.05, 0) is 37.0 Å². The van der Waals surface area contributed by atoms with Crippen molar-refractivity contribution in [2.24, 2.45) is 17.8 Å². The molecule has 0 aromatic heterocycles. The second kappa shape index (κ2) is 4.86. The van der Waals surface area contributed by atoms with Gasteiger partial charge in [-0.25, -0.2) is 0 Å². The summed E-state index contributed by atoms with van der Waals surface area (Å²) in [4.78, 5) is 0. The molecule has 1 heteroatoms. The molecule has 1 aliphatic carbocycles. The average Bonchev–Trinajstić information content (AvgIpc) is 2.16. The van der Waals surface area contributed by atoms with Crippen LogP contribution < -0.4 is 0 Å². The van der Waals surface area contributed by atoms with Crippen LogP contribution in [0.4, 0.5) is 0 Å². The Morgan fingerprint density at radius 2 is 1.33 bits per heavy atom. The fraction of sp³-hybridized carbons (Fsp3) is 1.00. The second-order valence-corrected chi connectivity index (χ2v) is 4.30. The third-order valence-corrected chi connectivity index (χ3v) is 3.41. The molecule has 0 bridgehead atoms. The molecule has 0 heterocycles. The first kappa shape index (κ1) is 10.0. The fourth-order valence-corrected chi connectivity index (χ4v) is 2.52. The monoisotopic (exact) mass is 170 g/mol. The molecule has 1 nitrogen and oxygen atoms in total. The summed E-state index contributed by atoms with van der Waals surface area (Å²) < 4.78 is 0. The van der Waals surface area contributed by atoms with Gasteiger partial charge < -0.3 is 5.11 Å². The summed E-state index contributed by atoms with van der Waals surface area (Å²) in [6.45, 7) is 4.96. The highest BCUT2D eigenvalue weighted by atomic mass is 16.3. The van der Waals surface area contributed by atoms with Crippen LogP contribution in [-0.4, -0.2) is 11.7 Å². The standard InChI is InChI=1S/C11H22O/c1-3-9-5-10(4-2)7-11(6-9)8-12/h9-12H,3-8H2,1-2H3. The van der Waals surface area contributed by atoms with Gasteiger partial charge in [0, 0.05) is 6.61 Å². The average molecular weight is 170 g/mol. The lowest BCUT2D eigenvalue weighted by atomic mass is 9.73. The highest BCUT2D eigenvalue weighted by Crippen LogP contribution is 2.36. The Hall–Kier alpha value is -0.0400. The summed E-state index contributed by atoms with van der Waals surface area (Å²) in [6, 6.07) is 0. The summed E-state index contributed by atoms with van der Waals surface area (Å²) in [5.74, 6) is 2.38. The lowest BCUT2D eigenvalue weighted by Crippen LogP contribution is -2.24. The summed E-state index contributed by atoms with van der Waals surface area (Å²) >= 11 is 0. The van der Waals surface area contributed by atoms with E-state index in [4.69, 9.17) is 5.11 Å². The Labute approximate surface area is 76.2 Å². The van der Waals surface area contributed by atoms with Crippen molar-refractivity contribution in [3.63, 3.8) is 0 Å². The SMILES string of the molecule is CCC1CC(CC)CC(CO)C1. The van der Waals surface area contributed by atoms with Gasteiger partial charge in [0.15, 0.2) is 0 Å². The number of hydrogen-bond donors (Lipinski definition) is 1. The maximum atomic E-state index is 9.12. The molecule has 1 saturated carbocycles. The Morgan fingerprint density at radius 3 is 1.67 bits per heavy atom. The van der Waals surface area contributed by atoms with Crippen molar-refractivity contribution < 1.29 is 5.11 Å². The Balaban J connectivity index is 2.41. The molecule has 2 atom stereocenters. The van der Waals surface area contributed by atoms with E-state index in [-0.39, 0.29) is 0 Å². The summed E-state index contributed by atoms with van der Waals surface area (Å²) in [5, 5.41) is 9.12. The molecular formula is C11H22O. The predicted octanol–water partition coefficient (Wildman–Crippen LogP) is 2.83. The van der Waals surface area contributed by atoms with Crippen LogP contribution in [0.5, 0.6) is 0 Å². The molecule has 1 aliphatic rings. The van der Waals surface area contributed by atoms with Crippen molar-refractivity contribution in [2.45, 2.75) is 46.0 Å². The number of rotatable bonds is 3. The van der Waals surface area contributed by atoms with Crippen molar-refractivity contribution in [2.75, 3.05) is 6.61 Å². The first-order valence-corrected chi connectivity index (χ1v) is 5.40. The topological polar surface area (TPSA) is 20.2 Å². The zero-order valence-electron chi connectivity index (χ0n) is 8.42. The van der Waals surface area contributed by atoms with Crippen molar-refractivity contribution in [1.82, 2.24) is 0 Å². The van der Waals surface area contributed by atoms with E-state index >= 15 is 0 Å². The lowest BCUT2D eigenvalue weighted by Gasteiger charge is -2.33. The zero-order valence-corrected chi connectivity index (χ0v) is 8.42. The van der Waals surface area contributed by atoms with Crippen LogP contribution in [0.3, 0.4) is 0 Å². The molecule has 0 amide bonds. The molecule has 2 unspecified atom stereocenters. The van der Waals surface area contributed by atoms with Gasteiger partial charge in [0.25, 0.3) is 0 Å². The minimum Gasteiger partial charge on any atom is -0.396 e. The maximum absolute atomic E-state index is 9.12. The minimum atomic E-state index is 0.410. The first-order chi connectivity index (χ1) is 5.80. The number of hydrogen-bond acceptors (Lipinski definition) is 1. The molecule has 1 N–H and O–H groups in total. The first-order valence-electron chi connectivity index (χ1n) is 5.40. The van der Waals surface area contributed by atoms with Crippen LogP contribution in [0.15, 0.2) is 0 Å². The highest BCUT2D eigenvalue weighted by molar-refractivity contribution is 4.77. The van der Waals surface area contributed by atoms with E-state index in [1.165, 1.54) is 32.1 Å². The molecule has 72 valence electrons. The van der Waals surface area contributed by atoms with Crippen molar-refractivity contribution in [3.8, 4) is 0 Å². The van der Waals surface area contributed by atoms with E-state index in [1.54, 1.807) is 0 Å². The second-order valence-electron chi connectivity index (χ2n) is 4.30. The van der Waals surface area contributed by atoms with Crippen LogP contribution in [0.1, 0.15) is 46.0 Å². The number of aliphatic hydroxyl groups is 1. The summed E-state index contributed by atoms with van der Waals surface area (Å²) in [7, 11) is 0. The van der Waals surface area contributed by atoms with E-state index in [0.29, 0.717) is 12.5 Å². The van der Waals surface area contributed by atoms with Gasteiger partial charge in [0.1, 0.15) is 0 Å². The van der Waals surface area contributed by atoms with E-state index in [2.05, 4.69) is 13.8 Å². The van der Waals surface area contributed by atoms with Gasteiger partial charge in [-0.3, -0.25) is 0 Å². The maximum Gasteiger partial charge on any atom is 0.0459 e. The zero-order chi connectivity index (χ0) is 8.97. The van der Waals surface area contributed by atoms with Crippen LogP contribution in [-0.2, 0) is 0 Å². The highest BCUT2D eigenvalue weighted by Gasteiger charge is 2.26. The molecule has 0 radical (unpaired) electrons. The van der Waals surface area contributed by atoms with E-state index in [1.807, 2.05) is 0 Å². The minimum absolute atomic E-state index is 0.410. The van der Waals surface area contributed by atoms with Gasteiger partial charge in [0.2, 0.25) is 0 Å². The van der Waals surface area contributed by atoms with Crippen molar-refractivity contribution >= 4 is 0 Å². The van der Waals surface area contributed by atoms with Gasteiger partial charge in [-0.2, -0.15) is 0 Å². The van der Waals surface area contributed by atoms with Crippen LogP contribution in [0.25, 0.3) is 0 Å². The molecule has 0 aromatic rings. The Kier molecular flexibility index (Phi) is 4.07. The largest absolute Gasteiger partial charge is 0.396 e. The quantitative estimate of drug-likeness (QED) is 0.690. The Morgan fingerprint density at radius 1 is 0.917 bits per heavy atom. The molecule has 0 saturated heterocycles. The normalized spacial score (nSPS) is 36.8. The lowest BCUT2D eigenvalue weighted by molar-refractivity contribution is 0.121. The third kappa shape index (κ3) is 2.48. The molecule has 0 spiro atoms. The van der Waals surface area contributed by atoms with Crippen LogP contribution in [0.2, 0.25) is 0 Å². The van der Waals surface area contributed by atoms with E-state index in [9.17, 15) is 0 Å². The smallest absolute Gasteiger partial charge is 0.0459 e. The molecule has 0 aliphatic heterocycles. The van der Waals surface area contributed by atoms with Crippen LogP contribution in [0, 0.1) is 17.8 Å². The predicted molar refractivity (Wildman–Crippen MR) is 52.0 cm³/mol. The van der Waals surface area contributed by atoms with Crippen molar-refractivity contribution in [1.29, 1.82) is 0 Å². The summed E-state index contributed by atoms with van der Waals surface area (Å²) in [6.07, 6.45) is 6.54. The third-order valence-electron chi connectivity index (χ3n) is 3.41. The fourth-order valence-electron chi connectivity index (χ4n) is 2.52. The van der Waals surface area contributed by atoms with Crippen LogP contribution >= 0.6 is 0 Å². The molecule has 12 heavy (non-hydrogen) atoms. The molecule has 1 rings (SSSR count). The molecular weight excluding hydrogens is 148 g/mol. The van der Waals surface area contributed by atoms with Gasteiger partial charge >= 0.3 is 0 Å².